The van der Waals surface area contributed by atoms with Crippen molar-refractivity contribution < 1.29 is 4.74 Å². The zero-order chi connectivity index (χ0) is 22.7. The van der Waals surface area contributed by atoms with Crippen LogP contribution in [0.25, 0.3) is 0 Å². The van der Waals surface area contributed by atoms with E-state index in [4.69, 9.17) is 16.3 Å². The van der Waals surface area contributed by atoms with Crippen molar-refractivity contribution in [3.8, 4) is 11.5 Å². The zero-order valence-corrected chi connectivity index (χ0v) is 20.8. The molecule has 0 amide bonds. The summed E-state index contributed by atoms with van der Waals surface area (Å²) in [7, 11) is 0. The lowest BCUT2D eigenvalue weighted by molar-refractivity contribution is 0.420. The van der Waals surface area contributed by atoms with Gasteiger partial charge in [0.2, 0.25) is 0 Å². The lowest BCUT2D eigenvalue weighted by Gasteiger charge is -2.31. The molecule has 2 aliphatic rings. The summed E-state index contributed by atoms with van der Waals surface area (Å²) in [5, 5.41) is 0.620. The minimum absolute atomic E-state index is 0.0169. The van der Waals surface area contributed by atoms with Gasteiger partial charge in [0, 0.05) is 16.1 Å². The second-order valence-electron chi connectivity index (χ2n) is 9.31. The number of hydrogen-bond acceptors (Lipinski definition) is 2. The van der Waals surface area contributed by atoms with Gasteiger partial charge in [-0.05, 0) is 58.5 Å². The van der Waals surface area contributed by atoms with Crippen LogP contribution in [0.4, 0.5) is 11.4 Å². The van der Waals surface area contributed by atoms with Gasteiger partial charge >= 0.3 is 0 Å². The van der Waals surface area contributed by atoms with Crippen molar-refractivity contribution in [2.45, 2.75) is 31.2 Å². The van der Waals surface area contributed by atoms with E-state index in [1.807, 2.05) is 36.4 Å². The van der Waals surface area contributed by atoms with Crippen molar-refractivity contribution in [2.24, 2.45) is 0 Å². The first kappa shape index (κ1) is 20.8. The second-order valence-corrected chi connectivity index (χ2v) is 10.6. The summed E-state index contributed by atoms with van der Waals surface area (Å²) in [5.41, 5.74) is 6.37. The average molecular weight is 517 g/mol. The fourth-order valence-electron chi connectivity index (χ4n) is 5.75. The molecule has 0 saturated heterocycles. The summed E-state index contributed by atoms with van der Waals surface area (Å²) in [6.07, 6.45) is 0. The maximum Gasteiger partial charge on any atom is 0.148 e. The van der Waals surface area contributed by atoms with Crippen LogP contribution in [0.5, 0.6) is 11.5 Å². The Hall–Kier alpha value is -2.75. The lowest BCUT2D eigenvalue weighted by atomic mass is 9.75. The number of fused-ring (bicyclic) bond motifs is 5. The maximum atomic E-state index is 7.06. The molecule has 0 radical (unpaired) electrons. The Morgan fingerprint density at radius 1 is 0.818 bits per heavy atom. The van der Waals surface area contributed by atoms with Crippen LogP contribution in [0.1, 0.15) is 42.5 Å². The highest BCUT2D eigenvalue weighted by molar-refractivity contribution is 9.10. The molecular formula is C29H23BrClNO. The molecule has 4 aromatic rings. The first-order valence-electron chi connectivity index (χ1n) is 11.2. The predicted octanol–water partition coefficient (Wildman–Crippen LogP) is 9.16. The maximum absolute atomic E-state index is 7.06. The molecule has 33 heavy (non-hydrogen) atoms. The zero-order valence-electron chi connectivity index (χ0n) is 18.4. The van der Waals surface area contributed by atoms with Gasteiger partial charge in [-0.3, -0.25) is 0 Å². The van der Waals surface area contributed by atoms with Crippen LogP contribution in [-0.4, -0.2) is 0 Å². The Morgan fingerprint density at radius 2 is 1.52 bits per heavy atom. The SMILES string of the molecule is CC1(C)c2ccccc2C2C1c1ccccc1N2c1cccc(Oc2cccc(Br)c2)c1Cl. The predicted molar refractivity (Wildman–Crippen MR) is 139 cm³/mol. The number of anilines is 2. The molecule has 0 fully saturated rings. The van der Waals surface area contributed by atoms with Crippen molar-refractivity contribution in [3.05, 3.63) is 117 Å². The largest absolute Gasteiger partial charge is 0.456 e. The summed E-state index contributed by atoms with van der Waals surface area (Å²) in [6.45, 7) is 4.73. The first-order chi connectivity index (χ1) is 16.0. The molecule has 1 aliphatic carbocycles. The molecule has 4 heteroatoms. The third kappa shape index (κ3) is 3.13. The van der Waals surface area contributed by atoms with Gasteiger partial charge < -0.3 is 9.64 Å². The van der Waals surface area contributed by atoms with Gasteiger partial charge in [0.15, 0.2) is 0 Å². The normalized spacial score (nSPS) is 19.7. The molecule has 164 valence electrons. The summed E-state index contributed by atoms with van der Waals surface area (Å²) >= 11 is 10.6. The summed E-state index contributed by atoms with van der Waals surface area (Å²) < 4.78 is 7.18. The van der Waals surface area contributed by atoms with E-state index in [9.17, 15) is 0 Å². The smallest absolute Gasteiger partial charge is 0.148 e. The van der Waals surface area contributed by atoms with E-state index in [0.717, 1.165) is 15.9 Å². The highest BCUT2D eigenvalue weighted by atomic mass is 79.9. The fraction of sp³-hybridized carbons (Fsp3) is 0.172. The van der Waals surface area contributed by atoms with E-state index < -0.39 is 0 Å². The molecule has 2 unspecified atom stereocenters. The molecule has 2 nitrogen and oxygen atoms in total. The summed E-state index contributed by atoms with van der Waals surface area (Å²) in [6, 6.07) is 31.6. The standard InChI is InChI=1S/C29H23BrClNO/c1-29(2)22-13-5-3-11-20(22)28-26(29)21-12-4-6-14-23(21)32(28)24-15-8-16-25(27(24)31)33-19-10-7-9-18(30)17-19/h3-17,26,28H,1-2H3. The molecule has 0 bridgehead atoms. The molecule has 0 aromatic heterocycles. The van der Waals surface area contributed by atoms with Crippen molar-refractivity contribution in [3.63, 3.8) is 0 Å². The van der Waals surface area contributed by atoms with E-state index in [1.165, 1.54) is 22.4 Å². The van der Waals surface area contributed by atoms with Gasteiger partial charge in [-0.2, -0.15) is 0 Å². The molecule has 1 aliphatic heterocycles. The van der Waals surface area contributed by atoms with Gasteiger partial charge in [0.05, 0.1) is 11.7 Å². The van der Waals surface area contributed by atoms with Gasteiger partial charge in [0.25, 0.3) is 0 Å². The quantitative estimate of drug-likeness (QED) is 0.269. The van der Waals surface area contributed by atoms with E-state index in [-0.39, 0.29) is 11.5 Å². The summed E-state index contributed by atoms with van der Waals surface area (Å²) in [5.74, 6) is 1.74. The van der Waals surface area contributed by atoms with E-state index in [2.05, 4.69) is 89.3 Å². The molecule has 0 N–H and O–H groups in total. The monoisotopic (exact) mass is 515 g/mol. The lowest BCUT2D eigenvalue weighted by Crippen LogP contribution is -2.25. The molecular weight excluding hydrogens is 494 g/mol. The minimum atomic E-state index is 0.0169. The number of hydrogen-bond donors (Lipinski definition) is 0. The number of nitrogens with zero attached hydrogens (tertiary/aromatic N) is 1. The number of halogens is 2. The number of benzene rings is 4. The number of rotatable bonds is 3. The molecule has 2 atom stereocenters. The highest BCUT2D eigenvalue weighted by Gasteiger charge is 2.54. The van der Waals surface area contributed by atoms with Crippen LogP contribution in [0.3, 0.4) is 0 Å². The Morgan fingerprint density at radius 3 is 2.33 bits per heavy atom. The van der Waals surface area contributed by atoms with E-state index >= 15 is 0 Å². The molecule has 0 saturated carbocycles. The van der Waals surface area contributed by atoms with Crippen molar-refractivity contribution >= 4 is 38.9 Å². The van der Waals surface area contributed by atoms with Gasteiger partial charge in [0.1, 0.15) is 16.5 Å². The summed E-state index contributed by atoms with van der Waals surface area (Å²) in [4.78, 5) is 2.42. The molecule has 0 spiro atoms. The fourth-order valence-corrected chi connectivity index (χ4v) is 6.39. The number of para-hydroxylation sites is 1. The second kappa shape index (κ2) is 7.65. The van der Waals surface area contributed by atoms with Crippen LogP contribution >= 0.6 is 27.5 Å². The third-order valence-electron chi connectivity index (χ3n) is 7.10. The van der Waals surface area contributed by atoms with Crippen LogP contribution in [-0.2, 0) is 5.41 Å². The topological polar surface area (TPSA) is 12.5 Å². The molecule has 6 rings (SSSR count). The Balaban J connectivity index is 1.51. The number of ether oxygens (including phenoxy) is 1. The van der Waals surface area contributed by atoms with Gasteiger partial charge in [-0.25, -0.2) is 0 Å². The van der Waals surface area contributed by atoms with Crippen molar-refractivity contribution in [2.75, 3.05) is 4.90 Å². The van der Waals surface area contributed by atoms with Gasteiger partial charge in [-0.1, -0.05) is 96.0 Å². The van der Waals surface area contributed by atoms with Crippen molar-refractivity contribution in [1.29, 1.82) is 0 Å². The van der Waals surface area contributed by atoms with E-state index in [0.29, 0.717) is 16.7 Å². The Kier molecular flexibility index (Phi) is 4.83. The van der Waals surface area contributed by atoms with Crippen LogP contribution in [0, 0.1) is 0 Å². The van der Waals surface area contributed by atoms with Crippen LogP contribution in [0.15, 0.2) is 95.5 Å². The average Bonchev–Trinajstić information content (AvgIpc) is 3.27. The van der Waals surface area contributed by atoms with Gasteiger partial charge in [-0.15, -0.1) is 0 Å². The molecule has 1 heterocycles. The molecule has 4 aromatic carbocycles. The Labute approximate surface area is 207 Å². The third-order valence-corrected chi connectivity index (χ3v) is 7.98. The van der Waals surface area contributed by atoms with Crippen molar-refractivity contribution in [1.82, 2.24) is 0 Å². The van der Waals surface area contributed by atoms with E-state index in [1.54, 1.807) is 0 Å². The van der Waals surface area contributed by atoms with Crippen LogP contribution in [0.2, 0.25) is 5.02 Å². The van der Waals surface area contributed by atoms with Crippen LogP contribution < -0.4 is 9.64 Å². The minimum Gasteiger partial charge on any atom is -0.456 e. The Bertz CT molecular complexity index is 1380. The highest BCUT2D eigenvalue weighted by Crippen LogP contribution is 2.65. The first-order valence-corrected chi connectivity index (χ1v) is 12.3.